The number of ether oxygens (including phenoxy) is 2. The molecule has 5 heteroatoms. The summed E-state index contributed by atoms with van der Waals surface area (Å²) in [5.74, 6) is 0.167. The summed E-state index contributed by atoms with van der Waals surface area (Å²) in [5.41, 5.74) is 0.794. The number of carbonyl (C=O) groups excluding carboxylic acids is 1. The standard InChI is InChI=1S/C15H23NO4/c1-12(11-20-3)16(7-8-19-2)15(18)10-13-5-4-6-14(17)9-13/h4-6,9,12,17H,7-8,10-11H2,1-3H3. The lowest BCUT2D eigenvalue weighted by Gasteiger charge is -2.28. The van der Waals surface area contributed by atoms with E-state index < -0.39 is 0 Å². The number of benzene rings is 1. The fourth-order valence-electron chi connectivity index (χ4n) is 2.05. The normalized spacial score (nSPS) is 12.2. The summed E-state index contributed by atoms with van der Waals surface area (Å²) in [4.78, 5) is 14.1. The number of hydrogen-bond acceptors (Lipinski definition) is 4. The van der Waals surface area contributed by atoms with Crippen molar-refractivity contribution >= 4 is 5.91 Å². The third-order valence-corrected chi connectivity index (χ3v) is 3.06. The maximum absolute atomic E-state index is 12.4. The summed E-state index contributed by atoms with van der Waals surface area (Å²) >= 11 is 0. The number of aromatic hydroxyl groups is 1. The van der Waals surface area contributed by atoms with Crippen LogP contribution in [0.25, 0.3) is 0 Å². The average Bonchev–Trinajstić information content (AvgIpc) is 2.39. The highest BCUT2D eigenvalue weighted by atomic mass is 16.5. The molecule has 1 aromatic carbocycles. The highest BCUT2D eigenvalue weighted by molar-refractivity contribution is 5.79. The van der Waals surface area contributed by atoms with Gasteiger partial charge in [0.1, 0.15) is 5.75 Å². The van der Waals surface area contributed by atoms with E-state index in [0.29, 0.717) is 19.8 Å². The van der Waals surface area contributed by atoms with Crippen molar-refractivity contribution in [1.82, 2.24) is 4.90 Å². The van der Waals surface area contributed by atoms with Gasteiger partial charge in [0, 0.05) is 20.8 Å². The molecule has 0 heterocycles. The number of nitrogens with zero attached hydrogens (tertiary/aromatic N) is 1. The van der Waals surface area contributed by atoms with Crippen molar-refractivity contribution in [2.24, 2.45) is 0 Å². The Hall–Kier alpha value is -1.59. The topological polar surface area (TPSA) is 59.0 Å². The minimum absolute atomic E-state index is 0.00259. The molecular formula is C15H23NO4. The molecule has 0 radical (unpaired) electrons. The van der Waals surface area contributed by atoms with E-state index in [4.69, 9.17) is 9.47 Å². The number of hydrogen-bond donors (Lipinski definition) is 1. The third-order valence-electron chi connectivity index (χ3n) is 3.06. The molecule has 1 aromatic rings. The van der Waals surface area contributed by atoms with E-state index in [1.54, 1.807) is 37.3 Å². The molecule has 1 amide bonds. The monoisotopic (exact) mass is 281 g/mol. The molecule has 112 valence electrons. The van der Waals surface area contributed by atoms with Crippen LogP contribution in [-0.2, 0) is 20.7 Å². The first-order chi connectivity index (χ1) is 9.58. The summed E-state index contributed by atoms with van der Waals surface area (Å²) in [7, 11) is 3.23. The predicted octanol–water partition coefficient (Wildman–Crippen LogP) is 1.44. The van der Waals surface area contributed by atoms with Crippen LogP contribution in [0.2, 0.25) is 0 Å². The van der Waals surface area contributed by atoms with E-state index in [1.165, 1.54) is 0 Å². The van der Waals surface area contributed by atoms with E-state index in [0.717, 1.165) is 5.56 Å². The third kappa shape index (κ3) is 5.19. The van der Waals surface area contributed by atoms with Gasteiger partial charge in [0.2, 0.25) is 5.91 Å². The quantitative estimate of drug-likeness (QED) is 0.783. The predicted molar refractivity (Wildman–Crippen MR) is 76.7 cm³/mol. The zero-order valence-electron chi connectivity index (χ0n) is 12.3. The minimum Gasteiger partial charge on any atom is -0.508 e. The number of rotatable bonds is 8. The maximum Gasteiger partial charge on any atom is 0.227 e. The van der Waals surface area contributed by atoms with Gasteiger partial charge in [-0.2, -0.15) is 0 Å². The zero-order chi connectivity index (χ0) is 15.0. The van der Waals surface area contributed by atoms with Crippen LogP contribution in [0.4, 0.5) is 0 Å². The Balaban J connectivity index is 2.71. The van der Waals surface area contributed by atoms with E-state index in [-0.39, 0.29) is 24.1 Å². The minimum atomic E-state index is -0.0139. The van der Waals surface area contributed by atoms with Crippen LogP contribution in [0.15, 0.2) is 24.3 Å². The Kier molecular flexibility index (Phi) is 7.04. The van der Waals surface area contributed by atoms with Crippen LogP contribution < -0.4 is 0 Å². The number of methoxy groups -OCH3 is 2. The molecule has 1 unspecified atom stereocenters. The van der Waals surface area contributed by atoms with E-state index in [2.05, 4.69) is 0 Å². The van der Waals surface area contributed by atoms with Gasteiger partial charge in [-0.15, -0.1) is 0 Å². The zero-order valence-corrected chi connectivity index (χ0v) is 12.3. The second kappa shape index (κ2) is 8.55. The van der Waals surface area contributed by atoms with Gasteiger partial charge < -0.3 is 19.5 Å². The summed E-state index contributed by atoms with van der Waals surface area (Å²) in [6.45, 7) is 3.44. The van der Waals surface area contributed by atoms with E-state index >= 15 is 0 Å². The highest BCUT2D eigenvalue weighted by Gasteiger charge is 2.20. The molecule has 1 atom stereocenters. The molecule has 0 saturated carbocycles. The summed E-state index contributed by atoms with van der Waals surface area (Å²) in [6.07, 6.45) is 0.256. The molecule has 0 spiro atoms. The number of amides is 1. The fraction of sp³-hybridized carbons (Fsp3) is 0.533. The molecule has 0 aliphatic rings. The smallest absolute Gasteiger partial charge is 0.227 e. The van der Waals surface area contributed by atoms with Crippen molar-refractivity contribution in [3.05, 3.63) is 29.8 Å². The van der Waals surface area contributed by atoms with Crippen LogP contribution in [-0.4, -0.2) is 55.9 Å². The molecule has 20 heavy (non-hydrogen) atoms. The lowest BCUT2D eigenvalue weighted by molar-refractivity contribution is -0.134. The summed E-state index contributed by atoms with van der Waals surface area (Å²) in [5, 5.41) is 9.43. The van der Waals surface area contributed by atoms with Crippen LogP contribution >= 0.6 is 0 Å². The van der Waals surface area contributed by atoms with Gasteiger partial charge in [0.25, 0.3) is 0 Å². The molecular weight excluding hydrogens is 258 g/mol. The van der Waals surface area contributed by atoms with Crippen molar-refractivity contribution in [1.29, 1.82) is 0 Å². The van der Waals surface area contributed by atoms with Gasteiger partial charge in [0.15, 0.2) is 0 Å². The molecule has 0 fully saturated rings. The van der Waals surface area contributed by atoms with Gasteiger partial charge in [-0.1, -0.05) is 12.1 Å². The molecule has 0 aromatic heterocycles. The second-order valence-electron chi connectivity index (χ2n) is 4.73. The van der Waals surface area contributed by atoms with Gasteiger partial charge in [-0.3, -0.25) is 4.79 Å². The van der Waals surface area contributed by atoms with Crippen molar-refractivity contribution in [3.8, 4) is 5.75 Å². The van der Waals surface area contributed by atoms with Crippen molar-refractivity contribution < 1.29 is 19.4 Å². The van der Waals surface area contributed by atoms with Crippen molar-refractivity contribution in [3.63, 3.8) is 0 Å². The molecule has 0 aliphatic carbocycles. The van der Waals surface area contributed by atoms with Gasteiger partial charge in [0.05, 0.1) is 25.7 Å². The molecule has 0 saturated heterocycles. The van der Waals surface area contributed by atoms with Crippen LogP contribution in [0.5, 0.6) is 5.75 Å². The molecule has 1 N–H and O–H groups in total. The Bertz CT molecular complexity index is 422. The first-order valence-corrected chi connectivity index (χ1v) is 6.63. The van der Waals surface area contributed by atoms with E-state index in [9.17, 15) is 9.90 Å². The van der Waals surface area contributed by atoms with Crippen LogP contribution in [0.3, 0.4) is 0 Å². The number of phenols is 1. The molecule has 0 bridgehead atoms. The SMILES string of the molecule is COCCN(C(=O)Cc1cccc(O)c1)C(C)COC. The van der Waals surface area contributed by atoms with Gasteiger partial charge in [-0.25, -0.2) is 0 Å². The molecule has 0 aliphatic heterocycles. The van der Waals surface area contributed by atoms with E-state index in [1.807, 2.05) is 13.0 Å². The lowest BCUT2D eigenvalue weighted by atomic mass is 10.1. The summed E-state index contributed by atoms with van der Waals surface area (Å²) < 4.78 is 10.2. The second-order valence-corrected chi connectivity index (χ2v) is 4.73. The van der Waals surface area contributed by atoms with Gasteiger partial charge in [-0.05, 0) is 24.6 Å². The Morgan fingerprint density at radius 3 is 2.70 bits per heavy atom. The largest absolute Gasteiger partial charge is 0.508 e. The summed E-state index contributed by atoms with van der Waals surface area (Å²) in [6, 6.07) is 6.74. The first kappa shape index (κ1) is 16.5. The molecule has 1 rings (SSSR count). The average molecular weight is 281 g/mol. The molecule has 5 nitrogen and oxygen atoms in total. The van der Waals surface area contributed by atoms with Gasteiger partial charge >= 0.3 is 0 Å². The van der Waals surface area contributed by atoms with Crippen molar-refractivity contribution in [2.75, 3.05) is 34.0 Å². The fourth-order valence-corrected chi connectivity index (χ4v) is 2.05. The van der Waals surface area contributed by atoms with Crippen LogP contribution in [0, 0.1) is 0 Å². The van der Waals surface area contributed by atoms with Crippen LogP contribution in [0.1, 0.15) is 12.5 Å². The first-order valence-electron chi connectivity index (χ1n) is 6.63. The number of carbonyl (C=O) groups is 1. The Morgan fingerprint density at radius 1 is 1.35 bits per heavy atom. The Morgan fingerprint density at radius 2 is 2.10 bits per heavy atom. The Labute approximate surface area is 120 Å². The highest BCUT2D eigenvalue weighted by Crippen LogP contribution is 2.13. The lowest BCUT2D eigenvalue weighted by Crippen LogP contribution is -2.43. The van der Waals surface area contributed by atoms with Crippen molar-refractivity contribution in [2.45, 2.75) is 19.4 Å². The maximum atomic E-state index is 12.4. The number of phenolic OH excluding ortho intramolecular Hbond substituents is 1.